The molecule has 6 heteroatoms. The highest BCUT2D eigenvalue weighted by Gasteiger charge is 2.21. The molecule has 0 aliphatic heterocycles. The lowest BCUT2D eigenvalue weighted by molar-refractivity contribution is -0.384. The van der Waals surface area contributed by atoms with Crippen molar-refractivity contribution in [3.8, 4) is 6.07 Å². The highest BCUT2D eigenvalue weighted by Crippen LogP contribution is 2.31. The van der Waals surface area contributed by atoms with Crippen LogP contribution in [0.4, 0.5) is 11.4 Å². The highest BCUT2D eigenvalue weighted by atomic mass is 16.6. The summed E-state index contributed by atoms with van der Waals surface area (Å²) in [6.45, 7) is 0. The molecule has 25 heavy (non-hydrogen) atoms. The fourth-order valence-corrected chi connectivity index (χ4v) is 2.56. The molecule has 0 amide bonds. The van der Waals surface area contributed by atoms with E-state index in [2.05, 4.69) is 10.3 Å². The lowest BCUT2D eigenvalue weighted by Crippen LogP contribution is -2.14. The monoisotopic (exact) mass is 330 g/mol. The topological polar surface area (TPSA) is 91.8 Å². The van der Waals surface area contributed by atoms with Crippen LogP contribution >= 0.6 is 0 Å². The molecule has 1 heterocycles. The Morgan fingerprint density at radius 2 is 1.84 bits per heavy atom. The molecule has 3 aromatic rings. The molecule has 1 aromatic heterocycles. The van der Waals surface area contributed by atoms with Gasteiger partial charge in [-0.3, -0.25) is 15.1 Å². The first-order chi connectivity index (χ1) is 12.2. The van der Waals surface area contributed by atoms with Crippen LogP contribution in [0.25, 0.3) is 0 Å². The summed E-state index contributed by atoms with van der Waals surface area (Å²) in [5.41, 5.74) is 2.18. The Morgan fingerprint density at radius 1 is 1.08 bits per heavy atom. The third-order valence-electron chi connectivity index (χ3n) is 3.74. The average molecular weight is 330 g/mol. The summed E-state index contributed by atoms with van der Waals surface area (Å²) in [6, 6.07) is 20.9. The van der Waals surface area contributed by atoms with E-state index in [1.807, 2.05) is 54.6 Å². The second kappa shape index (κ2) is 7.23. The number of nitriles is 1. The van der Waals surface area contributed by atoms with Crippen molar-refractivity contribution in [1.29, 1.82) is 5.26 Å². The first kappa shape index (κ1) is 16.1. The number of pyridine rings is 1. The first-order valence-electron chi connectivity index (χ1n) is 7.60. The van der Waals surface area contributed by atoms with Crippen LogP contribution in [0.1, 0.15) is 22.9 Å². The third-order valence-corrected chi connectivity index (χ3v) is 3.74. The van der Waals surface area contributed by atoms with E-state index >= 15 is 0 Å². The van der Waals surface area contributed by atoms with Crippen LogP contribution in [-0.4, -0.2) is 9.91 Å². The second-order valence-corrected chi connectivity index (χ2v) is 5.34. The minimum Gasteiger partial charge on any atom is -0.367 e. The number of anilines is 1. The van der Waals surface area contributed by atoms with Gasteiger partial charge in [0.1, 0.15) is 5.69 Å². The number of nitrogens with zero attached hydrogens (tertiary/aromatic N) is 3. The molecule has 2 aromatic carbocycles. The molecule has 0 aliphatic carbocycles. The van der Waals surface area contributed by atoms with Gasteiger partial charge in [0.2, 0.25) is 0 Å². The summed E-state index contributed by atoms with van der Waals surface area (Å²) in [6.07, 6.45) is 1.67. The van der Waals surface area contributed by atoms with E-state index in [0.717, 1.165) is 11.3 Å². The van der Waals surface area contributed by atoms with Gasteiger partial charge in [-0.2, -0.15) is 5.26 Å². The van der Waals surface area contributed by atoms with Crippen LogP contribution in [0, 0.1) is 21.4 Å². The van der Waals surface area contributed by atoms with Gasteiger partial charge in [0.15, 0.2) is 0 Å². The van der Waals surface area contributed by atoms with E-state index in [4.69, 9.17) is 5.26 Å². The maximum atomic E-state index is 11.3. The van der Waals surface area contributed by atoms with Crippen LogP contribution in [0.3, 0.4) is 0 Å². The molecule has 1 unspecified atom stereocenters. The van der Waals surface area contributed by atoms with Gasteiger partial charge in [-0.25, -0.2) is 0 Å². The van der Waals surface area contributed by atoms with Gasteiger partial charge in [-0.15, -0.1) is 0 Å². The Labute approximate surface area is 144 Å². The van der Waals surface area contributed by atoms with Crippen LogP contribution < -0.4 is 5.32 Å². The van der Waals surface area contributed by atoms with E-state index in [0.29, 0.717) is 5.56 Å². The molecular formula is C19H14N4O2. The zero-order valence-corrected chi connectivity index (χ0v) is 13.2. The van der Waals surface area contributed by atoms with Crippen molar-refractivity contribution in [2.75, 3.05) is 5.32 Å². The molecular weight excluding hydrogens is 316 g/mol. The summed E-state index contributed by atoms with van der Waals surface area (Å²) < 4.78 is 0. The Hall–Kier alpha value is -3.72. The smallest absolute Gasteiger partial charge is 0.292 e. The quantitative estimate of drug-likeness (QED) is 0.562. The third kappa shape index (κ3) is 3.62. The largest absolute Gasteiger partial charge is 0.367 e. The Kier molecular flexibility index (Phi) is 4.67. The predicted molar refractivity (Wildman–Crippen MR) is 94.0 cm³/mol. The van der Waals surface area contributed by atoms with Gasteiger partial charge in [0, 0.05) is 12.3 Å². The molecule has 0 bridgehead atoms. The van der Waals surface area contributed by atoms with Gasteiger partial charge in [-0.1, -0.05) is 36.4 Å². The van der Waals surface area contributed by atoms with E-state index in [-0.39, 0.29) is 17.4 Å². The molecule has 0 aliphatic rings. The molecule has 1 N–H and O–H groups in total. The molecule has 0 spiro atoms. The molecule has 6 nitrogen and oxygen atoms in total. The number of nitro benzene ring substituents is 1. The van der Waals surface area contributed by atoms with Crippen molar-refractivity contribution in [2.45, 2.75) is 6.04 Å². The van der Waals surface area contributed by atoms with Crippen molar-refractivity contribution in [3.05, 3.63) is 99.9 Å². The zero-order chi connectivity index (χ0) is 17.6. The molecule has 0 fully saturated rings. The first-order valence-corrected chi connectivity index (χ1v) is 7.60. The minimum absolute atomic E-state index is 0.0872. The van der Waals surface area contributed by atoms with E-state index in [1.54, 1.807) is 6.20 Å². The van der Waals surface area contributed by atoms with E-state index in [1.165, 1.54) is 18.2 Å². The van der Waals surface area contributed by atoms with Gasteiger partial charge >= 0.3 is 0 Å². The normalized spacial score (nSPS) is 11.3. The Bertz CT molecular complexity index is 882. The lowest BCUT2D eigenvalue weighted by Gasteiger charge is -2.20. The number of nitrogens with one attached hydrogen (secondary N) is 1. The lowest BCUT2D eigenvalue weighted by atomic mass is 10.0. The Morgan fingerprint density at radius 3 is 2.48 bits per heavy atom. The van der Waals surface area contributed by atoms with Gasteiger partial charge in [0.05, 0.1) is 28.3 Å². The van der Waals surface area contributed by atoms with Crippen LogP contribution in [0.15, 0.2) is 72.9 Å². The van der Waals surface area contributed by atoms with Crippen LogP contribution in [0.5, 0.6) is 0 Å². The summed E-state index contributed by atoms with van der Waals surface area (Å²) >= 11 is 0. The summed E-state index contributed by atoms with van der Waals surface area (Å²) in [5, 5.41) is 23.6. The van der Waals surface area contributed by atoms with Crippen molar-refractivity contribution < 1.29 is 4.92 Å². The molecule has 0 saturated heterocycles. The van der Waals surface area contributed by atoms with Crippen molar-refractivity contribution in [1.82, 2.24) is 4.98 Å². The number of benzene rings is 2. The van der Waals surface area contributed by atoms with Crippen molar-refractivity contribution >= 4 is 11.4 Å². The molecule has 122 valence electrons. The predicted octanol–water partition coefficient (Wildman–Crippen LogP) is 4.06. The second-order valence-electron chi connectivity index (χ2n) is 5.34. The van der Waals surface area contributed by atoms with Crippen LogP contribution in [-0.2, 0) is 0 Å². The SMILES string of the molecule is N#Cc1ccc([N+](=O)[O-])c(NC(c2ccccc2)c2ccccn2)c1. The number of hydrogen-bond donors (Lipinski definition) is 1. The fraction of sp³-hybridized carbons (Fsp3) is 0.0526. The molecule has 0 radical (unpaired) electrons. The Balaban J connectivity index is 2.08. The molecule has 0 saturated carbocycles. The summed E-state index contributed by atoms with van der Waals surface area (Å²) in [7, 11) is 0. The highest BCUT2D eigenvalue weighted by molar-refractivity contribution is 5.65. The standard InChI is InChI=1S/C19H14N4O2/c20-13-14-9-10-18(23(24)25)17(12-14)22-19(15-6-2-1-3-7-15)16-8-4-5-11-21-16/h1-12,19,22H. The van der Waals surface area contributed by atoms with Gasteiger partial charge in [0.25, 0.3) is 5.69 Å². The van der Waals surface area contributed by atoms with E-state index < -0.39 is 4.92 Å². The maximum Gasteiger partial charge on any atom is 0.292 e. The van der Waals surface area contributed by atoms with Crippen molar-refractivity contribution in [2.24, 2.45) is 0 Å². The van der Waals surface area contributed by atoms with Crippen LogP contribution in [0.2, 0.25) is 0 Å². The number of nitro groups is 1. The number of hydrogen-bond acceptors (Lipinski definition) is 5. The molecule has 3 rings (SSSR count). The summed E-state index contributed by atoms with van der Waals surface area (Å²) in [4.78, 5) is 15.2. The maximum absolute atomic E-state index is 11.3. The van der Waals surface area contributed by atoms with Crippen molar-refractivity contribution in [3.63, 3.8) is 0 Å². The zero-order valence-electron chi connectivity index (χ0n) is 13.2. The van der Waals surface area contributed by atoms with Gasteiger partial charge < -0.3 is 5.32 Å². The summed E-state index contributed by atoms with van der Waals surface area (Å²) in [5.74, 6) is 0. The number of aromatic nitrogens is 1. The van der Waals surface area contributed by atoms with E-state index in [9.17, 15) is 10.1 Å². The average Bonchev–Trinajstić information content (AvgIpc) is 2.67. The number of rotatable bonds is 5. The fourth-order valence-electron chi connectivity index (χ4n) is 2.56. The van der Waals surface area contributed by atoms with Gasteiger partial charge in [-0.05, 0) is 29.8 Å². The molecule has 1 atom stereocenters. The minimum atomic E-state index is -0.468.